The van der Waals surface area contributed by atoms with Gasteiger partial charge in [0, 0.05) is 6.42 Å². The molecule has 1 unspecified atom stereocenters. The normalized spacial score (nSPS) is 20.4. The van der Waals surface area contributed by atoms with E-state index >= 15 is 0 Å². The molecular weight excluding hydrogens is 198 g/mol. The quantitative estimate of drug-likeness (QED) is 0.687. The zero-order valence-electron chi connectivity index (χ0n) is 8.03. The van der Waals surface area contributed by atoms with Crippen LogP contribution in [-0.2, 0) is 4.84 Å². The summed E-state index contributed by atoms with van der Waals surface area (Å²) in [5, 5.41) is 4.02. The Labute approximate surface area is 88.5 Å². The van der Waals surface area contributed by atoms with Gasteiger partial charge >= 0.3 is 0 Å². The Morgan fingerprint density at radius 1 is 1.43 bits per heavy atom. The molecule has 0 fully saturated rings. The molecule has 1 aliphatic heterocycles. The summed E-state index contributed by atoms with van der Waals surface area (Å²) in [6.45, 7) is 2.07. The minimum absolute atomic E-state index is 0.0490. The second-order valence-electron chi connectivity index (χ2n) is 3.49. The summed E-state index contributed by atoms with van der Waals surface area (Å²) in [6.07, 6.45) is 0.861. The fourth-order valence-electron chi connectivity index (χ4n) is 1.43. The number of nitrogens with zero attached hydrogens (tertiary/aromatic N) is 1. The average molecular weight is 210 g/mol. The van der Waals surface area contributed by atoms with Crippen molar-refractivity contribution in [3.05, 3.63) is 35.4 Å². The van der Waals surface area contributed by atoms with E-state index in [2.05, 4.69) is 36.3 Å². The molecule has 2 rings (SSSR count). The van der Waals surface area contributed by atoms with Gasteiger partial charge in [0.25, 0.3) is 0 Å². The number of benzene rings is 1. The minimum atomic E-state index is 0.0490. The lowest BCUT2D eigenvalue weighted by molar-refractivity contribution is 0.102. The van der Waals surface area contributed by atoms with Crippen molar-refractivity contribution in [2.75, 3.05) is 5.88 Å². The van der Waals surface area contributed by atoms with Crippen molar-refractivity contribution in [2.24, 2.45) is 5.16 Å². The van der Waals surface area contributed by atoms with Gasteiger partial charge in [-0.05, 0) is 12.5 Å². The van der Waals surface area contributed by atoms with Crippen LogP contribution < -0.4 is 0 Å². The van der Waals surface area contributed by atoms with Gasteiger partial charge in [0.1, 0.15) is 6.10 Å². The Balaban J connectivity index is 2.13. The first kappa shape index (κ1) is 9.53. The van der Waals surface area contributed by atoms with Crippen molar-refractivity contribution in [3.8, 4) is 0 Å². The molecule has 1 aromatic carbocycles. The van der Waals surface area contributed by atoms with Gasteiger partial charge in [-0.1, -0.05) is 35.0 Å². The van der Waals surface area contributed by atoms with Gasteiger partial charge in [-0.3, -0.25) is 0 Å². The molecule has 1 atom stereocenters. The molecule has 2 nitrogen and oxygen atoms in total. The molecule has 74 valence electrons. The highest BCUT2D eigenvalue weighted by Crippen LogP contribution is 2.17. The van der Waals surface area contributed by atoms with Crippen LogP contribution in [0.4, 0.5) is 0 Å². The number of oxime groups is 1. The maximum absolute atomic E-state index is 5.69. The Bertz CT molecular complexity index is 345. The highest BCUT2D eigenvalue weighted by atomic mass is 35.5. The van der Waals surface area contributed by atoms with E-state index in [1.165, 1.54) is 5.56 Å². The van der Waals surface area contributed by atoms with E-state index in [4.69, 9.17) is 16.4 Å². The monoisotopic (exact) mass is 209 g/mol. The summed E-state index contributed by atoms with van der Waals surface area (Å²) in [5.41, 5.74) is 3.38. The molecule has 0 amide bonds. The Morgan fingerprint density at radius 3 is 2.71 bits per heavy atom. The van der Waals surface area contributed by atoms with Gasteiger partial charge in [-0.2, -0.15) is 0 Å². The van der Waals surface area contributed by atoms with E-state index in [-0.39, 0.29) is 6.10 Å². The Hall–Kier alpha value is -1.02. The first-order valence-electron chi connectivity index (χ1n) is 4.65. The maximum Gasteiger partial charge on any atom is 0.146 e. The molecule has 0 aromatic heterocycles. The molecule has 0 radical (unpaired) electrons. The predicted molar refractivity (Wildman–Crippen MR) is 57.9 cm³/mol. The number of hydrogen-bond acceptors (Lipinski definition) is 2. The minimum Gasteiger partial charge on any atom is -0.391 e. The van der Waals surface area contributed by atoms with Gasteiger partial charge < -0.3 is 4.84 Å². The van der Waals surface area contributed by atoms with Crippen LogP contribution in [0.1, 0.15) is 17.5 Å². The van der Waals surface area contributed by atoms with Crippen molar-refractivity contribution in [1.29, 1.82) is 0 Å². The molecule has 1 heterocycles. The third kappa shape index (κ3) is 1.90. The van der Waals surface area contributed by atoms with Crippen molar-refractivity contribution in [2.45, 2.75) is 19.4 Å². The van der Waals surface area contributed by atoms with Crippen molar-refractivity contribution < 1.29 is 4.84 Å². The van der Waals surface area contributed by atoms with Crippen LogP contribution in [0.5, 0.6) is 0 Å². The molecule has 0 aliphatic carbocycles. The maximum atomic E-state index is 5.69. The highest BCUT2D eigenvalue weighted by Gasteiger charge is 2.20. The number of aryl methyl sites for hydroxylation is 1. The molecule has 0 N–H and O–H groups in total. The molecule has 0 saturated heterocycles. The summed E-state index contributed by atoms with van der Waals surface area (Å²) in [6, 6.07) is 8.28. The van der Waals surface area contributed by atoms with E-state index < -0.39 is 0 Å². The molecule has 1 aromatic rings. The van der Waals surface area contributed by atoms with Crippen LogP contribution in [0, 0.1) is 6.92 Å². The number of rotatable bonds is 2. The lowest BCUT2D eigenvalue weighted by Crippen LogP contribution is -2.09. The van der Waals surface area contributed by atoms with E-state index in [1.54, 1.807) is 0 Å². The molecule has 0 spiro atoms. The standard InChI is InChI=1S/C11H12ClNO/c1-8-2-4-9(5-3-8)11-6-10(7-12)14-13-11/h2-5,10H,6-7H2,1H3. The fraction of sp³-hybridized carbons (Fsp3) is 0.364. The van der Waals surface area contributed by atoms with Gasteiger partial charge in [-0.25, -0.2) is 0 Å². The Morgan fingerprint density at radius 2 is 2.14 bits per heavy atom. The summed E-state index contributed by atoms with van der Waals surface area (Å²) < 4.78 is 0. The van der Waals surface area contributed by atoms with Crippen LogP contribution in [-0.4, -0.2) is 17.7 Å². The van der Waals surface area contributed by atoms with E-state index in [0.29, 0.717) is 5.88 Å². The zero-order chi connectivity index (χ0) is 9.97. The van der Waals surface area contributed by atoms with Crippen LogP contribution in [0.2, 0.25) is 0 Å². The third-order valence-corrected chi connectivity index (χ3v) is 2.63. The zero-order valence-corrected chi connectivity index (χ0v) is 8.79. The molecule has 0 bridgehead atoms. The summed E-state index contributed by atoms with van der Waals surface area (Å²) >= 11 is 5.69. The van der Waals surface area contributed by atoms with Crippen LogP contribution >= 0.6 is 11.6 Å². The third-order valence-electron chi connectivity index (χ3n) is 2.29. The topological polar surface area (TPSA) is 21.6 Å². The van der Waals surface area contributed by atoms with Crippen LogP contribution in [0.15, 0.2) is 29.4 Å². The van der Waals surface area contributed by atoms with Gasteiger partial charge in [0.05, 0.1) is 11.6 Å². The lowest BCUT2D eigenvalue weighted by Gasteiger charge is -2.01. The smallest absolute Gasteiger partial charge is 0.146 e. The van der Waals surface area contributed by atoms with Gasteiger partial charge in [0.2, 0.25) is 0 Å². The highest BCUT2D eigenvalue weighted by molar-refractivity contribution is 6.18. The molecular formula is C11H12ClNO. The average Bonchev–Trinajstić information content (AvgIpc) is 2.67. The van der Waals surface area contributed by atoms with Crippen LogP contribution in [0.25, 0.3) is 0 Å². The SMILES string of the molecule is Cc1ccc(C2=NOC(CCl)C2)cc1. The van der Waals surface area contributed by atoms with Crippen molar-refractivity contribution in [3.63, 3.8) is 0 Å². The first-order chi connectivity index (χ1) is 6.79. The molecule has 14 heavy (non-hydrogen) atoms. The van der Waals surface area contributed by atoms with E-state index in [0.717, 1.165) is 17.7 Å². The second kappa shape index (κ2) is 4.01. The van der Waals surface area contributed by atoms with Crippen LogP contribution in [0.3, 0.4) is 0 Å². The largest absolute Gasteiger partial charge is 0.391 e. The molecule has 0 saturated carbocycles. The number of alkyl halides is 1. The molecule has 3 heteroatoms. The summed E-state index contributed by atoms with van der Waals surface area (Å²) in [5.74, 6) is 0.499. The summed E-state index contributed by atoms with van der Waals surface area (Å²) in [7, 11) is 0. The van der Waals surface area contributed by atoms with Crippen molar-refractivity contribution in [1.82, 2.24) is 0 Å². The van der Waals surface area contributed by atoms with E-state index in [9.17, 15) is 0 Å². The Kier molecular flexibility index (Phi) is 2.73. The van der Waals surface area contributed by atoms with Crippen molar-refractivity contribution >= 4 is 17.3 Å². The number of halogens is 1. The fourth-order valence-corrected chi connectivity index (χ4v) is 1.59. The predicted octanol–water partition coefficient (Wildman–Crippen LogP) is 2.73. The van der Waals surface area contributed by atoms with Gasteiger partial charge in [-0.15, -0.1) is 11.6 Å². The van der Waals surface area contributed by atoms with Gasteiger partial charge in [0.15, 0.2) is 0 Å². The summed E-state index contributed by atoms with van der Waals surface area (Å²) in [4.78, 5) is 5.16. The van der Waals surface area contributed by atoms with E-state index in [1.807, 2.05) is 0 Å². The molecule has 1 aliphatic rings. The second-order valence-corrected chi connectivity index (χ2v) is 3.80. The number of hydrogen-bond donors (Lipinski definition) is 0. The first-order valence-corrected chi connectivity index (χ1v) is 5.19. The lowest BCUT2D eigenvalue weighted by atomic mass is 10.0.